The highest BCUT2D eigenvalue weighted by atomic mass is 16.5. The third-order valence-electron chi connectivity index (χ3n) is 2.87. The summed E-state index contributed by atoms with van der Waals surface area (Å²) < 4.78 is 4.86. The molecule has 0 spiro atoms. The number of carbonyl (C=O) groups is 2. The lowest BCUT2D eigenvalue weighted by Gasteiger charge is -2.22. The number of ether oxygens (including phenoxy) is 1. The van der Waals surface area contributed by atoms with Crippen molar-refractivity contribution in [1.82, 2.24) is 4.90 Å². The maximum Gasteiger partial charge on any atom is 0.329 e. The van der Waals surface area contributed by atoms with Crippen LogP contribution >= 0.6 is 0 Å². The molecular formula is C14H27NO4. The van der Waals surface area contributed by atoms with Gasteiger partial charge in [-0.05, 0) is 12.8 Å². The standard InChI is InChI=1S/C14H27NO4/c1-3-5-7-9-15(10-8-6-4-2)13(16)11-19-12-14(17)18/h3-12H2,1-2H3,(H,17,18). The molecule has 0 bridgehead atoms. The van der Waals surface area contributed by atoms with Crippen LogP contribution in [0.15, 0.2) is 0 Å². The van der Waals surface area contributed by atoms with Gasteiger partial charge in [-0.1, -0.05) is 39.5 Å². The van der Waals surface area contributed by atoms with Gasteiger partial charge in [-0.15, -0.1) is 0 Å². The normalized spacial score (nSPS) is 10.4. The van der Waals surface area contributed by atoms with Gasteiger partial charge in [0, 0.05) is 13.1 Å². The lowest BCUT2D eigenvalue weighted by atomic mass is 10.2. The third-order valence-corrected chi connectivity index (χ3v) is 2.87. The summed E-state index contributed by atoms with van der Waals surface area (Å²) in [5.41, 5.74) is 0. The minimum Gasteiger partial charge on any atom is -0.480 e. The zero-order valence-corrected chi connectivity index (χ0v) is 12.2. The summed E-state index contributed by atoms with van der Waals surface area (Å²) in [7, 11) is 0. The first-order valence-corrected chi connectivity index (χ1v) is 7.19. The number of rotatable bonds is 12. The van der Waals surface area contributed by atoms with E-state index in [4.69, 9.17) is 9.84 Å². The van der Waals surface area contributed by atoms with Crippen LogP contribution in [0.3, 0.4) is 0 Å². The maximum absolute atomic E-state index is 11.9. The largest absolute Gasteiger partial charge is 0.480 e. The van der Waals surface area contributed by atoms with Crippen LogP contribution in [0.5, 0.6) is 0 Å². The molecule has 5 nitrogen and oxygen atoms in total. The van der Waals surface area contributed by atoms with E-state index >= 15 is 0 Å². The third kappa shape index (κ3) is 10.5. The summed E-state index contributed by atoms with van der Waals surface area (Å²) in [6.45, 7) is 5.19. The van der Waals surface area contributed by atoms with Crippen LogP contribution in [0.25, 0.3) is 0 Å². The smallest absolute Gasteiger partial charge is 0.329 e. The molecule has 1 N–H and O–H groups in total. The zero-order chi connectivity index (χ0) is 14.5. The molecule has 0 rings (SSSR count). The van der Waals surface area contributed by atoms with Gasteiger partial charge in [-0.2, -0.15) is 0 Å². The first kappa shape index (κ1) is 17.9. The van der Waals surface area contributed by atoms with E-state index in [9.17, 15) is 9.59 Å². The molecule has 0 aromatic heterocycles. The van der Waals surface area contributed by atoms with E-state index in [1.165, 1.54) is 0 Å². The molecule has 0 atom stereocenters. The van der Waals surface area contributed by atoms with Gasteiger partial charge in [0.1, 0.15) is 13.2 Å². The van der Waals surface area contributed by atoms with E-state index in [0.29, 0.717) is 0 Å². The van der Waals surface area contributed by atoms with E-state index in [-0.39, 0.29) is 12.5 Å². The first-order valence-electron chi connectivity index (χ1n) is 7.19. The van der Waals surface area contributed by atoms with Crippen molar-refractivity contribution in [2.45, 2.75) is 52.4 Å². The van der Waals surface area contributed by atoms with Crippen molar-refractivity contribution in [3.8, 4) is 0 Å². The number of carbonyl (C=O) groups excluding carboxylic acids is 1. The fraction of sp³-hybridized carbons (Fsp3) is 0.857. The van der Waals surface area contributed by atoms with Crippen LogP contribution in [0, 0.1) is 0 Å². The van der Waals surface area contributed by atoms with E-state index in [1.54, 1.807) is 4.90 Å². The molecule has 0 heterocycles. The van der Waals surface area contributed by atoms with Crippen LogP contribution in [0.2, 0.25) is 0 Å². The summed E-state index contributed by atoms with van der Waals surface area (Å²) in [6.07, 6.45) is 6.43. The molecule has 0 saturated heterocycles. The summed E-state index contributed by atoms with van der Waals surface area (Å²) in [6, 6.07) is 0. The Hall–Kier alpha value is -1.10. The Morgan fingerprint density at radius 3 is 1.89 bits per heavy atom. The predicted octanol–water partition coefficient (Wildman–Crippen LogP) is 2.30. The van der Waals surface area contributed by atoms with Crippen molar-refractivity contribution in [3.05, 3.63) is 0 Å². The zero-order valence-electron chi connectivity index (χ0n) is 12.2. The second-order valence-corrected chi connectivity index (χ2v) is 4.68. The van der Waals surface area contributed by atoms with Gasteiger partial charge in [0.15, 0.2) is 0 Å². The molecule has 0 radical (unpaired) electrons. The van der Waals surface area contributed by atoms with Crippen molar-refractivity contribution in [1.29, 1.82) is 0 Å². The molecule has 1 amide bonds. The summed E-state index contributed by atoms with van der Waals surface area (Å²) in [5, 5.41) is 8.46. The van der Waals surface area contributed by atoms with Crippen molar-refractivity contribution in [2.75, 3.05) is 26.3 Å². The number of carboxylic acid groups (broad SMARTS) is 1. The van der Waals surface area contributed by atoms with Crippen LogP contribution in [0.1, 0.15) is 52.4 Å². The quantitative estimate of drug-likeness (QED) is 0.554. The Morgan fingerprint density at radius 2 is 1.47 bits per heavy atom. The Balaban J connectivity index is 4.04. The van der Waals surface area contributed by atoms with E-state index < -0.39 is 12.6 Å². The highest BCUT2D eigenvalue weighted by Gasteiger charge is 2.13. The van der Waals surface area contributed by atoms with Crippen molar-refractivity contribution < 1.29 is 19.4 Å². The average molecular weight is 273 g/mol. The number of unbranched alkanes of at least 4 members (excludes halogenated alkanes) is 4. The Bertz CT molecular complexity index is 246. The molecule has 0 aliphatic heterocycles. The van der Waals surface area contributed by atoms with Crippen LogP contribution in [-0.2, 0) is 14.3 Å². The second-order valence-electron chi connectivity index (χ2n) is 4.68. The molecule has 112 valence electrons. The van der Waals surface area contributed by atoms with Crippen molar-refractivity contribution >= 4 is 11.9 Å². The van der Waals surface area contributed by atoms with E-state index in [2.05, 4.69) is 13.8 Å². The topological polar surface area (TPSA) is 66.8 Å². The van der Waals surface area contributed by atoms with Gasteiger partial charge >= 0.3 is 5.97 Å². The Labute approximate surface area is 115 Å². The molecule has 0 aliphatic rings. The Morgan fingerprint density at radius 1 is 0.947 bits per heavy atom. The van der Waals surface area contributed by atoms with Crippen LogP contribution < -0.4 is 0 Å². The second kappa shape index (κ2) is 12.0. The number of nitrogens with zero attached hydrogens (tertiary/aromatic N) is 1. The molecule has 0 unspecified atom stereocenters. The fourth-order valence-corrected chi connectivity index (χ4v) is 1.78. The highest BCUT2D eigenvalue weighted by molar-refractivity contribution is 5.78. The van der Waals surface area contributed by atoms with E-state index in [0.717, 1.165) is 51.6 Å². The lowest BCUT2D eigenvalue weighted by molar-refractivity contribution is -0.145. The maximum atomic E-state index is 11.9. The van der Waals surface area contributed by atoms with Gasteiger partial charge < -0.3 is 14.7 Å². The van der Waals surface area contributed by atoms with Gasteiger partial charge in [0.05, 0.1) is 0 Å². The SMILES string of the molecule is CCCCCN(CCCCC)C(=O)COCC(=O)O. The Kier molecular flexibility index (Phi) is 11.3. The number of amides is 1. The molecule has 0 saturated carbocycles. The van der Waals surface area contributed by atoms with Crippen LogP contribution in [-0.4, -0.2) is 48.2 Å². The minimum absolute atomic E-state index is 0.103. The molecule has 5 heteroatoms. The number of hydrogen-bond acceptors (Lipinski definition) is 3. The van der Waals surface area contributed by atoms with Gasteiger partial charge in [0.25, 0.3) is 0 Å². The predicted molar refractivity (Wildman–Crippen MR) is 74.1 cm³/mol. The van der Waals surface area contributed by atoms with Gasteiger partial charge in [-0.3, -0.25) is 4.79 Å². The van der Waals surface area contributed by atoms with Crippen molar-refractivity contribution in [3.63, 3.8) is 0 Å². The molecule has 0 fully saturated rings. The van der Waals surface area contributed by atoms with Gasteiger partial charge in [-0.25, -0.2) is 4.79 Å². The average Bonchev–Trinajstić information content (AvgIpc) is 2.36. The highest BCUT2D eigenvalue weighted by Crippen LogP contribution is 2.03. The molecule has 0 aliphatic carbocycles. The fourth-order valence-electron chi connectivity index (χ4n) is 1.78. The summed E-state index contributed by atoms with van der Waals surface area (Å²) >= 11 is 0. The monoisotopic (exact) mass is 273 g/mol. The summed E-state index contributed by atoms with van der Waals surface area (Å²) in [5.74, 6) is -1.15. The number of hydrogen-bond donors (Lipinski definition) is 1. The van der Waals surface area contributed by atoms with E-state index in [1.807, 2.05) is 0 Å². The molecule has 0 aromatic carbocycles. The minimum atomic E-state index is -1.05. The number of carboxylic acids is 1. The van der Waals surface area contributed by atoms with Crippen molar-refractivity contribution in [2.24, 2.45) is 0 Å². The molecule has 0 aromatic rings. The summed E-state index contributed by atoms with van der Waals surface area (Å²) in [4.78, 5) is 24.0. The lowest BCUT2D eigenvalue weighted by Crippen LogP contribution is -2.36. The van der Waals surface area contributed by atoms with Crippen LogP contribution in [0.4, 0.5) is 0 Å². The first-order chi connectivity index (χ1) is 9.11. The number of aliphatic carboxylic acids is 1. The molecule has 19 heavy (non-hydrogen) atoms. The molecular weight excluding hydrogens is 246 g/mol. The van der Waals surface area contributed by atoms with Gasteiger partial charge in [0.2, 0.25) is 5.91 Å².